The molecular formula is C17H34NNaO3. The van der Waals surface area contributed by atoms with Crippen molar-refractivity contribution in [3.05, 3.63) is 0 Å². The molecular weight excluding hydrogens is 289 g/mol. The molecule has 0 aliphatic rings. The summed E-state index contributed by atoms with van der Waals surface area (Å²) in [5.74, 6) is -1.06. The molecule has 5 heteroatoms. The van der Waals surface area contributed by atoms with Gasteiger partial charge in [0.05, 0.1) is 0 Å². The van der Waals surface area contributed by atoms with Crippen LogP contribution >= 0.6 is 0 Å². The average molecular weight is 323 g/mol. The van der Waals surface area contributed by atoms with Gasteiger partial charge in [-0.2, -0.15) is 0 Å². The zero-order valence-electron chi connectivity index (χ0n) is 13.8. The summed E-state index contributed by atoms with van der Waals surface area (Å²) in [6, 6.07) is -0.721. The van der Waals surface area contributed by atoms with Crippen molar-refractivity contribution in [2.24, 2.45) is 0 Å². The number of carboxylic acid groups (broad SMARTS) is 1. The number of nitrogens with one attached hydrogen (secondary N) is 1. The van der Waals surface area contributed by atoms with Crippen molar-refractivity contribution in [1.29, 1.82) is 0 Å². The summed E-state index contributed by atoms with van der Waals surface area (Å²) in [7, 11) is 0. The van der Waals surface area contributed by atoms with Gasteiger partial charge in [-0.3, -0.25) is 4.79 Å². The van der Waals surface area contributed by atoms with Gasteiger partial charge in [-0.05, 0) is 12.8 Å². The molecule has 0 saturated carbocycles. The van der Waals surface area contributed by atoms with Crippen LogP contribution < -0.4 is 5.32 Å². The van der Waals surface area contributed by atoms with Crippen LogP contribution in [0.3, 0.4) is 0 Å². The van der Waals surface area contributed by atoms with Crippen LogP contribution in [-0.2, 0) is 9.59 Å². The molecule has 2 N–H and O–H groups in total. The van der Waals surface area contributed by atoms with Crippen LogP contribution in [0.15, 0.2) is 0 Å². The van der Waals surface area contributed by atoms with Gasteiger partial charge in [-0.1, -0.05) is 71.6 Å². The number of aliphatic carboxylic acids is 1. The molecule has 0 aliphatic heterocycles. The third-order valence-corrected chi connectivity index (χ3v) is 3.72. The zero-order valence-corrected chi connectivity index (χ0v) is 13.8. The van der Waals surface area contributed by atoms with Crippen molar-refractivity contribution >= 4 is 41.4 Å². The Kier molecular flexibility index (Phi) is 19.0. The summed E-state index contributed by atoms with van der Waals surface area (Å²) in [6.07, 6.45) is 12.6. The van der Waals surface area contributed by atoms with Gasteiger partial charge in [0.15, 0.2) is 0 Å². The first-order chi connectivity index (χ1) is 10.1. The van der Waals surface area contributed by atoms with Crippen molar-refractivity contribution in [1.82, 2.24) is 5.32 Å². The molecule has 0 unspecified atom stereocenters. The predicted molar refractivity (Wildman–Crippen MR) is 93.5 cm³/mol. The molecule has 0 radical (unpaired) electrons. The summed E-state index contributed by atoms with van der Waals surface area (Å²) in [5.41, 5.74) is 0. The maximum absolute atomic E-state index is 11.7. The normalized spacial score (nSPS) is 11.5. The van der Waals surface area contributed by atoms with Crippen LogP contribution in [0.25, 0.3) is 0 Å². The number of hydrogen-bond acceptors (Lipinski definition) is 2. The molecule has 0 saturated heterocycles. The third-order valence-electron chi connectivity index (χ3n) is 3.72. The molecule has 0 bridgehead atoms. The second-order valence-electron chi connectivity index (χ2n) is 5.83. The Labute approximate surface area is 158 Å². The predicted octanol–water partition coefficient (Wildman–Crippen LogP) is 3.63. The Morgan fingerprint density at radius 2 is 1.36 bits per heavy atom. The van der Waals surface area contributed by atoms with E-state index in [1.165, 1.54) is 44.9 Å². The molecule has 126 valence electrons. The van der Waals surface area contributed by atoms with Crippen LogP contribution in [0.4, 0.5) is 0 Å². The fourth-order valence-electron chi connectivity index (χ4n) is 2.41. The molecule has 0 heterocycles. The molecule has 0 rings (SSSR count). The van der Waals surface area contributed by atoms with Crippen molar-refractivity contribution in [2.75, 3.05) is 0 Å². The molecule has 1 atom stereocenters. The van der Waals surface area contributed by atoms with Crippen molar-refractivity contribution in [3.63, 3.8) is 0 Å². The second kappa shape index (κ2) is 17.3. The molecule has 0 fully saturated rings. The summed E-state index contributed by atoms with van der Waals surface area (Å²) >= 11 is 0. The minimum absolute atomic E-state index is 0. The van der Waals surface area contributed by atoms with E-state index >= 15 is 0 Å². The van der Waals surface area contributed by atoms with Gasteiger partial charge in [-0.15, -0.1) is 0 Å². The van der Waals surface area contributed by atoms with E-state index in [9.17, 15) is 9.59 Å². The van der Waals surface area contributed by atoms with E-state index in [0.717, 1.165) is 19.3 Å². The van der Waals surface area contributed by atoms with Gasteiger partial charge in [0.25, 0.3) is 0 Å². The Morgan fingerprint density at radius 3 is 1.82 bits per heavy atom. The number of carboxylic acids is 1. The minimum atomic E-state index is -0.933. The summed E-state index contributed by atoms with van der Waals surface area (Å²) in [4.78, 5) is 22.6. The molecule has 0 aromatic carbocycles. The molecule has 0 aliphatic carbocycles. The Bertz CT molecular complexity index is 285. The summed E-state index contributed by atoms with van der Waals surface area (Å²) in [6.45, 7) is 4.14. The standard InChI is InChI=1S/C17H33NO3.Na.H/c1-3-5-6-7-8-9-10-11-12-14-16(19)18-15(13-4-2)17(20)21;;/h15H,3-14H2,1-2H3,(H,18,19)(H,20,21);;/t15-;;/m0../s1. The number of rotatable bonds is 14. The third kappa shape index (κ3) is 14.9. The van der Waals surface area contributed by atoms with Crippen LogP contribution in [0.5, 0.6) is 0 Å². The topological polar surface area (TPSA) is 66.4 Å². The number of unbranched alkanes of at least 4 members (excludes halogenated alkanes) is 8. The first kappa shape index (κ1) is 24.2. The van der Waals surface area contributed by atoms with Gasteiger partial charge in [-0.25, -0.2) is 4.79 Å². The average Bonchev–Trinajstić information content (AvgIpc) is 2.45. The SMILES string of the molecule is CCCCCCCCCCCC(=O)N[C@@H](CCC)C(=O)O.[NaH]. The van der Waals surface area contributed by atoms with Crippen LogP contribution in [0.1, 0.15) is 90.9 Å². The maximum atomic E-state index is 11.7. The Hall–Kier alpha value is -0.0600. The van der Waals surface area contributed by atoms with E-state index in [0.29, 0.717) is 12.8 Å². The number of amides is 1. The fraction of sp³-hybridized carbons (Fsp3) is 0.882. The van der Waals surface area contributed by atoms with Crippen LogP contribution in [0, 0.1) is 0 Å². The number of carbonyl (C=O) groups excluding carboxylic acids is 1. The molecule has 0 aromatic heterocycles. The molecule has 0 aromatic rings. The summed E-state index contributed by atoms with van der Waals surface area (Å²) < 4.78 is 0. The summed E-state index contributed by atoms with van der Waals surface area (Å²) in [5, 5.41) is 11.6. The molecule has 0 spiro atoms. The van der Waals surface area contributed by atoms with Gasteiger partial charge in [0, 0.05) is 6.42 Å². The first-order valence-corrected chi connectivity index (χ1v) is 8.64. The van der Waals surface area contributed by atoms with E-state index in [2.05, 4.69) is 12.2 Å². The van der Waals surface area contributed by atoms with Crippen molar-refractivity contribution in [3.8, 4) is 0 Å². The van der Waals surface area contributed by atoms with E-state index in [1.807, 2.05) is 6.92 Å². The zero-order chi connectivity index (χ0) is 15.9. The van der Waals surface area contributed by atoms with Crippen molar-refractivity contribution < 1.29 is 14.7 Å². The quantitative estimate of drug-likeness (QED) is 0.379. The monoisotopic (exact) mass is 323 g/mol. The van der Waals surface area contributed by atoms with E-state index in [4.69, 9.17) is 5.11 Å². The molecule has 22 heavy (non-hydrogen) atoms. The van der Waals surface area contributed by atoms with E-state index in [-0.39, 0.29) is 35.5 Å². The number of carbonyl (C=O) groups is 2. The Balaban J connectivity index is 0. The molecule has 4 nitrogen and oxygen atoms in total. The van der Waals surface area contributed by atoms with E-state index in [1.54, 1.807) is 0 Å². The van der Waals surface area contributed by atoms with Gasteiger partial charge in [0.2, 0.25) is 5.91 Å². The van der Waals surface area contributed by atoms with E-state index < -0.39 is 12.0 Å². The van der Waals surface area contributed by atoms with Gasteiger partial charge in [0.1, 0.15) is 6.04 Å². The first-order valence-electron chi connectivity index (χ1n) is 8.64. The van der Waals surface area contributed by atoms with Crippen LogP contribution in [-0.4, -0.2) is 52.6 Å². The van der Waals surface area contributed by atoms with Gasteiger partial charge >= 0.3 is 35.5 Å². The Morgan fingerprint density at radius 1 is 0.864 bits per heavy atom. The molecule has 1 amide bonds. The van der Waals surface area contributed by atoms with Crippen LogP contribution in [0.2, 0.25) is 0 Å². The van der Waals surface area contributed by atoms with Crippen molar-refractivity contribution in [2.45, 2.75) is 96.9 Å². The number of hydrogen-bond donors (Lipinski definition) is 2. The van der Waals surface area contributed by atoms with Gasteiger partial charge < -0.3 is 10.4 Å². The second-order valence-corrected chi connectivity index (χ2v) is 5.83. The fourth-order valence-corrected chi connectivity index (χ4v) is 2.41.